The number of hydrogen-bond donors (Lipinski definition) is 1. The molecule has 2 heteroatoms. The maximum Gasteiger partial charge on any atom is 0.124 e. The molecule has 0 fully saturated rings. The summed E-state index contributed by atoms with van der Waals surface area (Å²) in [6, 6.07) is 4.53. The van der Waals surface area contributed by atoms with E-state index in [1.807, 2.05) is 7.05 Å². The highest BCUT2D eigenvalue weighted by Gasteiger charge is 2.04. The minimum Gasteiger partial charge on any atom is -0.496 e. The Morgan fingerprint density at radius 1 is 1.00 bits per heavy atom. The molecule has 1 aromatic carbocycles. The summed E-state index contributed by atoms with van der Waals surface area (Å²) in [5.41, 5.74) is 3.95. The molecule has 0 aliphatic rings. The second kappa shape index (κ2) is 8.15. The fourth-order valence-corrected chi connectivity index (χ4v) is 2.49. The van der Waals surface area contributed by atoms with Crippen LogP contribution in [0.25, 0.3) is 0 Å². The van der Waals surface area contributed by atoms with Gasteiger partial charge in [0.25, 0.3) is 0 Å². The van der Waals surface area contributed by atoms with E-state index in [-0.39, 0.29) is 0 Å². The Hall–Kier alpha value is -1.02. The van der Waals surface area contributed by atoms with Crippen molar-refractivity contribution in [2.45, 2.75) is 46.0 Å². The summed E-state index contributed by atoms with van der Waals surface area (Å²) in [6.45, 7) is 5.39. The van der Waals surface area contributed by atoms with Gasteiger partial charge in [-0.1, -0.05) is 25.0 Å². The van der Waals surface area contributed by atoms with E-state index in [1.165, 1.54) is 48.8 Å². The topological polar surface area (TPSA) is 21.3 Å². The molecule has 0 aliphatic heterocycles. The summed E-state index contributed by atoms with van der Waals surface area (Å²) in [5.74, 6) is 1.03. The lowest BCUT2D eigenvalue weighted by molar-refractivity contribution is 0.408. The van der Waals surface area contributed by atoms with Crippen LogP contribution < -0.4 is 10.1 Å². The first-order valence-corrected chi connectivity index (χ1v) is 6.97. The minimum absolute atomic E-state index is 1.03. The first kappa shape index (κ1) is 15.0. The van der Waals surface area contributed by atoms with Crippen LogP contribution in [-0.4, -0.2) is 20.7 Å². The molecule has 18 heavy (non-hydrogen) atoms. The lowest BCUT2D eigenvalue weighted by Crippen LogP contribution is -2.06. The number of unbranched alkanes of at least 4 members (excludes halogenated alkanes) is 3. The largest absolute Gasteiger partial charge is 0.496 e. The highest BCUT2D eigenvalue weighted by atomic mass is 16.5. The van der Waals surface area contributed by atoms with Crippen LogP contribution in [0.5, 0.6) is 5.75 Å². The fraction of sp³-hybridized carbons (Fsp3) is 0.625. The van der Waals surface area contributed by atoms with Gasteiger partial charge in [0, 0.05) is 0 Å². The maximum atomic E-state index is 5.39. The number of hydrogen-bond acceptors (Lipinski definition) is 2. The second-order valence-electron chi connectivity index (χ2n) is 5.03. The van der Waals surface area contributed by atoms with Gasteiger partial charge in [-0.3, -0.25) is 0 Å². The van der Waals surface area contributed by atoms with Gasteiger partial charge in [-0.15, -0.1) is 0 Å². The van der Waals surface area contributed by atoms with Crippen molar-refractivity contribution in [1.82, 2.24) is 5.32 Å². The smallest absolute Gasteiger partial charge is 0.124 e. The molecule has 0 amide bonds. The van der Waals surface area contributed by atoms with Crippen LogP contribution >= 0.6 is 0 Å². The molecule has 1 aromatic rings. The molecule has 2 nitrogen and oxygen atoms in total. The van der Waals surface area contributed by atoms with Gasteiger partial charge in [0.15, 0.2) is 0 Å². The molecule has 102 valence electrons. The van der Waals surface area contributed by atoms with Crippen molar-refractivity contribution >= 4 is 0 Å². The standard InChI is InChI=1S/C16H27NO/c1-13-11-15(12-14(2)16(13)18-4)9-7-5-6-8-10-17-3/h11-12,17H,5-10H2,1-4H3. The van der Waals surface area contributed by atoms with Crippen LogP contribution in [0.3, 0.4) is 0 Å². The van der Waals surface area contributed by atoms with Crippen molar-refractivity contribution in [3.63, 3.8) is 0 Å². The van der Waals surface area contributed by atoms with Gasteiger partial charge in [-0.05, 0) is 63.4 Å². The van der Waals surface area contributed by atoms with Gasteiger partial charge in [0.2, 0.25) is 0 Å². The zero-order chi connectivity index (χ0) is 13.4. The molecule has 0 atom stereocenters. The molecular formula is C16H27NO. The van der Waals surface area contributed by atoms with Gasteiger partial charge in [-0.2, -0.15) is 0 Å². The summed E-state index contributed by atoms with van der Waals surface area (Å²) in [6.07, 6.45) is 6.41. The molecule has 1 rings (SSSR count). The van der Waals surface area contributed by atoms with E-state index in [2.05, 4.69) is 31.3 Å². The van der Waals surface area contributed by atoms with Gasteiger partial charge in [-0.25, -0.2) is 0 Å². The lowest BCUT2D eigenvalue weighted by Gasteiger charge is -2.11. The normalized spacial score (nSPS) is 10.7. The maximum absolute atomic E-state index is 5.39. The van der Waals surface area contributed by atoms with Crippen LogP contribution in [0.1, 0.15) is 42.4 Å². The van der Waals surface area contributed by atoms with Gasteiger partial charge in [0.05, 0.1) is 7.11 Å². The average molecular weight is 249 g/mol. The van der Waals surface area contributed by atoms with Crippen molar-refractivity contribution in [3.05, 3.63) is 28.8 Å². The molecule has 0 spiro atoms. The van der Waals surface area contributed by atoms with Gasteiger partial charge >= 0.3 is 0 Å². The van der Waals surface area contributed by atoms with E-state index in [1.54, 1.807) is 7.11 Å². The van der Waals surface area contributed by atoms with Crippen molar-refractivity contribution < 1.29 is 4.74 Å². The third kappa shape index (κ3) is 4.69. The summed E-state index contributed by atoms with van der Waals surface area (Å²) >= 11 is 0. The number of ether oxygens (including phenoxy) is 1. The van der Waals surface area contributed by atoms with Crippen LogP contribution in [0.2, 0.25) is 0 Å². The molecule has 0 saturated carbocycles. The Labute approximate surface area is 112 Å². The van der Waals surface area contributed by atoms with E-state index in [4.69, 9.17) is 4.74 Å². The minimum atomic E-state index is 1.03. The monoisotopic (exact) mass is 249 g/mol. The van der Waals surface area contributed by atoms with Crippen LogP contribution in [0.15, 0.2) is 12.1 Å². The summed E-state index contributed by atoms with van der Waals surface area (Å²) in [4.78, 5) is 0. The molecule has 0 aliphatic carbocycles. The van der Waals surface area contributed by atoms with Crippen molar-refractivity contribution in [2.24, 2.45) is 0 Å². The van der Waals surface area contributed by atoms with Gasteiger partial charge in [0.1, 0.15) is 5.75 Å². The Morgan fingerprint density at radius 2 is 1.61 bits per heavy atom. The molecular weight excluding hydrogens is 222 g/mol. The van der Waals surface area contributed by atoms with Crippen molar-refractivity contribution in [2.75, 3.05) is 20.7 Å². The summed E-state index contributed by atoms with van der Waals surface area (Å²) in [7, 11) is 3.76. The predicted octanol–water partition coefficient (Wildman–Crippen LogP) is 3.63. The average Bonchev–Trinajstić information content (AvgIpc) is 2.33. The Bertz CT molecular complexity index is 337. The van der Waals surface area contributed by atoms with Crippen molar-refractivity contribution in [1.29, 1.82) is 0 Å². The molecule has 0 heterocycles. The zero-order valence-electron chi connectivity index (χ0n) is 12.3. The number of aryl methyl sites for hydroxylation is 3. The quantitative estimate of drug-likeness (QED) is 0.710. The number of rotatable bonds is 8. The first-order chi connectivity index (χ1) is 8.69. The fourth-order valence-electron chi connectivity index (χ4n) is 2.49. The summed E-state index contributed by atoms with van der Waals surface area (Å²) in [5, 5.41) is 3.19. The molecule has 0 radical (unpaired) electrons. The van der Waals surface area contributed by atoms with E-state index in [0.29, 0.717) is 0 Å². The second-order valence-corrected chi connectivity index (χ2v) is 5.03. The Balaban J connectivity index is 2.39. The van der Waals surface area contributed by atoms with Crippen molar-refractivity contribution in [3.8, 4) is 5.75 Å². The zero-order valence-corrected chi connectivity index (χ0v) is 12.3. The number of methoxy groups -OCH3 is 1. The first-order valence-electron chi connectivity index (χ1n) is 6.97. The Morgan fingerprint density at radius 3 is 2.17 bits per heavy atom. The molecule has 0 aromatic heterocycles. The highest BCUT2D eigenvalue weighted by molar-refractivity contribution is 5.43. The molecule has 0 saturated heterocycles. The lowest BCUT2D eigenvalue weighted by atomic mass is 10.0. The van der Waals surface area contributed by atoms with E-state index in [9.17, 15) is 0 Å². The predicted molar refractivity (Wildman–Crippen MR) is 78.6 cm³/mol. The third-order valence-electron chi connectivity index (χ3n) is 3.37. The third-order valence-corrected chi connectivity index (χ3v) is 3.37. The van der Waals surface area contributed by atoms with Crippen LogP contribution in [0, 0.1) is 13.8 Å². The molecule has 1 N–H and O–H groups in total. The summed E-state index contributed by atoms with van der Waals surface area (Å²) < 4.78 is 5.39. The van der Waals surface area contributed by atoms with Crippen LogP contribution in [0.4, 0.5) is 0 Å². The molecule has 0 bridgehead atoms. The molecule has 0 unspecified atom stereocenters. The SMILES string of the molecule is CNCCCCCCc1cc(C)c(OC)c(C)c1. The highest BCUT2D eigenvalue weighted by Crippen LogP contribution is 2.25. The van der Waals surface area contributed by atoms with E-state index in [0.717, 1.165) is 12.3 Å². The Kier molecular flexibility index (Phi) is 6.81. The van der Waals surface area contributed by atoms with E-state index >= 15 is 0 Å². The van der Waals surface area contributed by atoms with Gasteiger partial charge < -0.3 is 10.1 Å². The van der Waals surface area contributed by atoms with E-state index < -0.39 is 0 Å². The van der Waals surface area contributed by atoms with Crippen LogP contribution in [-0.2, 0) is 6.42 Å². The number of nitrogens with one attached hydrogen (secondary N) is 1. The number of benzene rings is 1.